The van der Waals surface area contributed by atoms with Crippen molar-refractivity contribution < 1.29 is 23.5 Å². The average Bonchev–Trinajstić information content (AvgIpc) is 3.10. The van der Waals surface area contributed by atoms with Crippen LogP contribution in [-0.2, 0) is 9.53 Å². The highest BCUT2D eigenvalue weighted by atomic mass is 19.1. The van der Waals surface area contributed by atoms with Crippen molar-refractivity contribution in [1.29, 1.82) is 0 Å². The van der Waals surface area contributed by atoms with Crippen molar-refractivity contribution in [3.8, 4) is 0 Å². The van der Waals surface area contributed by atoms with Gasteiger partial charge in [0.05, 0.1) is 29.0 Å². The summed E-state index contributed by atoms with van der Waals surface area (Å²) in [5.74, 6) is -1.11. The molecule has 2 aromatic rings. The largest absolute Gasteiger partial charge is 0.382 e. The molecule has 1 fully saturated rings. The first-order valence-electron chi connectivity index (χ1n) is 11.7. The maximum absolute atomic E-state index is 14.7. The van der Waals surface area contributed by atoms with Gasteiger partial charge in [-0.1, -0.05) is 31.2 Å². The molecular weight excluding hydrogens is 437 g/mol. The van der Waals surface area contributed by atoms with Crippen LogP contribution in [-0.4, -0.2) is 73.0 Å². The number of ether oxygens (including phenoxy) is 1. The van der Waals surface area contributed by atoms with Gasteiger partial charge in [0, 0.05) is 39.7 Å². The number of amides is 3. The van der Waals surface area contributed by atoms with Crippen molar-refractivity contribution in [3.63, 3.8) is 0 Å². The molecule has 0 N–H and O–H groups in total. The first kappa shape index (κ1) is 24.0. The van der Waals surface area contributed by atoms with Crippen LogP contribution in [0.15, 0.2) is 48.5 Å². The molecule has 0 spiro atoms. The van der Waals surface area contributed by atoms with Gasteiger partial charge in [-0.15, -0.1) is 0 Å². The lowest BCUT2D eigenvalue weighted by molar-refractivity contribution is -0.120. The number of rotatable bonds is 8. The molecule has 0 atom stereocenters. The topological polar surface area (TPSA) is 70.2 Å². The van der Waals surface area contributed by atoms with Crippen LogP contribution in [0.5, 0.6) is 0 Å². The number of hydrogen-bond acceptors (Lipinski definition) is 5. The summed E-state index contributed by atoms with van der Waals surface area (Å²) < 4.78 is 20.3. The molecule has 4 rings (SSSR count). The van der Waals surface area contributed by atoms with Crippen LogP contribution in [0.25, 0.3) is 0 Å². The average molecular weight is 468 g/mol. The summed E-state index contributed by atoms with van der Waals surface area (Å²) in [7, 11) is 1.59. The normalized spacial score (nSPS) is 17.7. The number of para-hydroxylation sites is 1. The minimum absolute atomic E-state index is 0.151. The summed E-state index contributed by atoms with van der Waals surface area (Å²) in [6, 6.07) is 13.2. The molecule has 7 nitrogen and oxygen atoms in total. The van der Waals surface area contributed by atoms with Gasteiger partial charge in [-0.2, -0.15) is 0 Å². The van der Waals surface area contributed by atoms with Gasteiger partial charge in [0.25, 0.3) is 11.8 Å². The van der Waals surface area contributed by atoms with Gasteiger partial charge in [0.1, 0.15) is 5.82 Å². The van der Waals surface area contributed by atoms with E-state index in [1.807, 2.05) is 0 Å². The SMILES string of the molecule is CCC(=O)N(c1ccccc1F)C1(COC)CCN(CCN2C(=O)c3ccccc3C2=O)CC1. The third kappa shape index (κ3) is 4.35. The van der Waals surface area contributed by atoms with E-state index in [-0.39, 0.29) is 29.8 Å². The van der Waals surface area contributed by atoms with Crippen LogP contribution in [0.3, 0.4) is 0 Å². The zero-order valence-electron chi connectivity index (χ0n) is 19.6. The second kappa shape index (κ2) is 10.0. The number of fused-ring (bicyclic) bond motifs is 1. The number of piperidine rings is 1. The number of carbonyl (C=O) groups is 3. The van der Waals surface area contributed by atoms with Crippen LogP contribution >= 0.6 is 0 Å². The predicted octanol–water partition coefficient (Wildman–Crippen LogP) is 3.35. The maximum Gasteiger partial charge on any atom is 0.261 e. The first-order chi connectivity index (χ1) is 16.4. The molecule has 0 unspecified atom stereocenters. The third-order valence-electron chi connectivity index (χ3n) is 6.84. The molecule has 0 saturated carbocycles. The van der Waals surface area contributed by atoms with Crippen LogP contribution in [0, 0.1) is 5.82 Å². The van der Waals surface area contributed by atoms with Crippen LogP contribution in [0.2, 0.25) is 0 Å². The van der Waals surface area contributed by atoms with Gasteiger partial charge >= 0.3 is 0 Å². The molecule has 2 aliphatic rings. The number of carbonyl (C=O) groups excluding carboxylic acids is 3. The van der Waals surface area contributed by atoms with Crippen molar-refractivity contribution in [1.82, 2.24) is 9.80 Å². The Morgan fingerprint density at radius 1 is 1.00 bits per heavy atom. The monoisotopic (exact) mass is 467 g/mol. The Bertz CT molecular complexity index is 1050. The lowest BCUT2D eigenvalue weighted by Gasteiger charge is -2.48. The summed E-state index contributed by atoms with van der Waals surface area (Å²) in [4.78, 5) is 43.4. The number of halogens is 1. The van der Waals surface area contributed by atoms with E-state index in [0.717, 1.165) is 0 Å². The number of methoxy groups -OCH3 is 1. The van der Waals surface area contributed by atoms with Gasteiger partial charge in [-0.3, -0.25) is 19.3 Å². The zero-order chi connectivity index (χ0) is 24.3. The quantitative estimate of drug-likeness (QED) is 0.557. The Labute approximate surface area is 199 Å². The molecule has 1 saturated heterocycles. The molecule has 0 radical (unpaired) electrons. The van der Waals surface area contributed by atoms with Crippen molar-refractivity contribution >= 4 is 23.4 Å². The van der Waals surface area contributed by atoms with Crippen LogP contribution < -0.4 is 4.90 Å². The molecular formula is C26H30FN3O4. The molecule has 180 valence electrons. The Morgan fingerprint density at radius 2 is 1.59 bits per heavy atom. The van der Waals surface area contributed by atoms with Crippen LogP contribution in [0.1, 0.15) is 46.9 Å². The van der Waals surface area contributed by atoms with E-state index in [0.29, 0.717) is 56.8 Å². The Morgan fingerprint density at radius 3 is 2.15 bits per heavy atom. The number of benzene rings is 2. The van der Waals surface area contributed by atoms with Gasteiger partial charge in [0.15, 0.2) is 0 Å². The number of nitrogens with zero attached hydrogens (tertiary/aromatic N) is 3. The number of hydrogen-bond donors (Lipinski definition) is 0. The van der Waals surface area contributed by atoms with Gasteiger partial charge < -0.3 is 14.5 Å². The summed E-state index contributed by atoms with van der Waals surface area (Å²) >= 11 is 0. The highest BCUT2D eigenvalue weighted by molar-refractivity contribution is 6.21. The maximum atomic E-state index is 14.7. The van der Waals surface area contributed by atoms with E-state index < -0.39 is 11.4 Å². The molecule has 2 aliphatic heterocycles. The van der Waals surface area contributed by atoms with Gasteiger partial charge in [0.2, 0.25) is 5.91 Å². The van der Waals surface area contributed by atoms with Crippen molar-refractivity contribution in [3.05, 3.63) is 65.5 Å². The molecule has 2 heterocycles. The fourth-order valence-corrected chi connectivity index (χ4v) is 5.02. The standard InChI is InChI=1S/C26H30FN3O4/c1-3-23(31)30(22-11-7-6-10-21(22)27)26(18-34-2)12-14-28(15-13-26)16-17-29-24(32)19-8-4-5-9-20(19)25(29)33/h4-11H,3,12-18H2,1-2H3. The fraction of sp³-hybridized carbons (Fsp3) is 0.423. The van der Waals surface area contributed by atoms with E-state index >= 15 is 0 Å². The fourth-order valence-electron chi connectivity index (χ4n) is 5.02. The van der Waals surface area contributed by atoms with Gasteiger partial charge in [-0.05, 0) is 37.1 Å². The number of anilines is 1. The molecule has 0 aromatic heterocycles. The highest BCUT2D eigenvalue weighted by Crippen LogP contribution is 2.36. The predicted molar refractivity (Wildman–Crippen MR) is 126 cm³/mol. The molecule has 8 heteroatoms. The molecule has 2 aromatic carbocycles. The zero-order valence-corrected chi connectivity index (χ0v) is 19.6. The second-order valence-corrected chi connectivity index (χ2v) is 8.84. The molecule has 3 amide bonds. The minimum Gasteiger partial charge on any atom is -0.382 e. The van der Waals surface area contributed by atoms with E-state index in [2.05, 4.69) is 4.90 Å². The third-order valence-corrected chi connectivity index (χ3v) is 6.84. The first-order valence-corrected chi connectivity index (χ1v) is 11.7. The Hall–Kier alpha value is -3.10. The summed E-state index contributed by atoms with van der Waals surface area (Å²) in [6.45, 7) is 4.17. The van der Waals surface area contributed by atoms with E-state index in [1.54, 1.807) is 61.4 Å². The van der Waals surface area contributed by atoms with Crippen molar-refractivity contribution in [2.45, 2.75) is 31.7 Å². The Balaban J connectivity index is 1.46. The molecule has 34 heavy (non-hydrogen) atoms. The lowest BCUT2D eigenvalue weighted by atomic mass is 9.85. The van der Waals surface area contributed by atoms with E-state index in [1.165, 1.54) is 11.0 Å². The summed E-state index contributed by atoms with van der Waals surface area (Å²) in [5, 5.41) is 0. The molecule has 0 aliphatic carbocycles. The van der Waals surface area contributed by atoms with E-state index in [4.69, 9.17) is 4.74 Å². The smallest absolute Gasteiger partial charge is 0.261 e. The molecule has 0 bridgehead atoms. The van der Waals surface area contributed by atoms with Gasteiger partial charge in [-0.25, -0.2) is 4.39 Å². The Kier molecular flexibility index (Phi) is 7.09. The van der Waals surface area contributed by atoms with Crippen molar-refractivity contribution in [2.24, 2.45) is 0 Å². The summed E-state index contributed by atoms with van der Waals surface area (Å²) in [5.41, 5.74) is 0.495. The highest BCUT2D eigenvalue weighted by Gasteiger charge is 2.44. The summed E-state index contributed by atoms with van der Waals surface area (Å²) in [6.07, 6.45) is 1.43. The second-order valence-electron chi connectivity index (χ2n) is 8.84. The number of imide groups is 1. The number of likely N-dealkylation sites (tertiary alicyclic amines) is 1. The van der Waals surface area contributed by atoms with Crippen molar-refractivity contribution in [2.75, 3.05) is 44.8 Å². The lowest BCUT2D eigenvalue weighted by Crippen LogP contribution is -2.61. The minimum atomic E-state index is -0.671. The van der Waals surface area contributed by atoms with E-state index in [9.17, 15) is 18.8 Å². The van der Waals surface area contributed by atoms with Crippen LogP contribution in [0.4, 0.5) is 10.1 Å².